The van der Waals surface area contributed by atoms with Crippen molar-refractivity contribution in [3.05, 3.63) is 107 Å². The molecule has 0 bridgehead atoms. The van der Waals surface area contributed by atoms with Crippen LogP contribution in [0, 0.1) is 0 Å². The van der Waals surface area contributed by atoms with Crippen LogP contribution in [-0.2, 0) is 6.61 Å². The van der Waals surface area contributed by atoms with E-state index in [0.717, 1.165) is 31.7 Å². The number of ether oxygens (including phenoxy) is 2. The molecule has 6 nitrogen and oxygen atoms in total. The SMILES string of the molecule is CC[C@H](C)c1nc2ccc(Br)cc2c(=O)n1N=Cc1cc(OC)c(OCc2cccc3ccccc23)c(Br)c1Br. The van der Waals surface area contributed by atoms with Crippen LogP contribution in [0.3, 0.4) is 0 Å². The summed E-state index contributed by atoms with van der Waals surface area (Å²) in [5.41, 5.74) is 2.20. The number of nitrogens with zero attached hydrogens (tertiary/aromatic N) is 3. The van der Waals surface area contributed by atoms with Gasteiger partial charge in [-0.05, 0) is 78.9 Å². The molecule has 40 heavy (non-hydrogen) atoms. The first-order chi connectivity index (χ1) is 19.3. The van der Waals surface area contributed by atoms with Crippen molar-refractivity contribution in [2.45, 2.75) is 32.8 Å². The van der Waals surface area contributed by atoms with Gasteiger partial charge in [0.15, 0.2) is 11.5 Å². The Morgan fingerprint density at radius 2 is 1.77 bits per heavy atom. The summed E-state index contributed by atoms with van der Waals surface area (Å²) >= 11 is 10.8. The summed E-state index contributed by atoms with van der Waals surface area (Å²) < 4.78 is 15.6. The highest BCUT2D eigenvalue weighted by Crippen LogP contribution is 2.43. The van der Waals surface area contributed by atoms with Crippen LogP contribution in [-0.4, -0.2) is 23.0 Å². The summed E-state index contributed by atoms with van der Waals surface area (Å²) in [5.74, 6) is 1.74. The van der Waals surface area contributed by atoms with Gasteiger partial charge in [-0.15, -0.1) is 0 Å². The first kappa shape index (κ1) is 28.5. The van der Waals surface area contributed by atoms with Gasteiger partial charge in [0.2, 0.25) is 0 Å². The molecule has 0 fully saturated rings. The molecule has 1 atom stereocenters. The lowest BCUT2D eigenvalue weighted by molar-refractivity contribution is 0.283. The maximum Gasteiger partial charge on any atom is 0.282 e. The monoisotopic (exact) mass is 725 g/mol. The van der Waals surface area contributed by atoms with E-state index >= 15 is 0 Å². The molecule has 0 aliphatic carbocycles. The molecule has 0 spiro atoms. The lowest BCUT2D eigenvalue weighted by Gasteiger charge is -2.16. The molecule has 0 aliphatic rings. The molecule has 0 amide bonds. The van der Waals surface area contributed by atoms with Gasteiger partial charge in [0.25, 0.3) is 5.56 Å². The Morgan fingerprint density at radius 1 is 1.00 bits per heavy atom. The molecule has 0 saturated carbocycles. The largest absolute Gasteiger partial charge is 0.493 e. The zero-order valence-electron chi connectivity index (χ0n) is 22.1. The van der Waals surface area contributed by atoms with Crippen LogP contribution < -0.4 is 15.0 Å². The second-order valence-corrected chi connectivity index (χ2v) is 11.9. The van der Waals surface area contributed by atoms with Crippen molar-refractivity contribution >= 4 is 75.7 Å². The molecule has 204 valence electrons. The fraction of sp³-hybridized carbons (Fsp3) is 0.194. The van der Waals surface area contributed by atoms with E-state index in [2.05, 4.69) is 84.1 Å². The number of aromatic nitrogens is 2. The van der Waals surface area contributed by atoms with Crippen LogP contribution >= 0.6 is 47.8 Å². The molecule has 0 aliphatic heterocycles. The van der Waals surface area contributed by atoms with Gasteiger partial charge in [0, 0.05) is 20.4 Å². The van der Waals surface area contributed by atoms with Gasteiger partial charge in [0.1, 0.15) is 12.4 Å². The van der Waals surface area contributed by atoms with Gasteiger partial charge in [0.05, 0.1) is 28.7 Å². The van der Waals surface area contributed by atoms with Gasteiger partial charge < -0.3 is 9.47 Å². The number of halogens is 3. The topological polar surface area (TPSA) is 65.7 Å². The number of hydrogen-bond donors (Lipinski definition) is 0. The smallest absolute Gasteiger partial charge is 0.282 e. The second-order valence-electron chi connectivity index (χ2n) is 9.35. The Balaban J connectivity index is 1.53. The van der Waals surface area contributed by atoms with Crippen molar-refractivity contribution in [1.82, 2.24) is 9.66 Å². The third-order valence-electron chi connectivity index (χ3n) is 6.83. The number of methoxy groups -OCH3 is 1. The van der Waals surface area contributed by atoms with Crippen molar-refractivity contribution in [1.29, 1.82) is 0 Å². The predicted octanol–water partition coefficient (Wildman–Crippen LogP) is 8.82. The van der Waals surface area contributed by atoms with Crippen molar-refractivity contribution in [3.8, 4) is 11.5 Å². The molecule has 0 unspecified atom stereocenters. The van der Waals surface area contributed by atoms with Crippen molar-refractivity contribution in [2.75, 3.05) is 7.11 Å². The highest BCUT2D eigenvalue weighted by Gasteiger charge is 2.19. The molecular formula is C31H26Br3N3O3. The second kappa shape index (κ2) is 12.2. The molecule has 9 heteroatoms. The van der Waals surface area contributed by atoms with Gasteiger partial charge in [-0.1, -0.05) is 72.2 Å². The molecule has 0 radical (unpaired) electrons. The van der Waals surface area contributed by atoms with Crippen LogP contribution in [0.1, 0.15) is 43.1 Å². The predicted molar refractivity (Wildman–Crippen MR) is 172 cm³/mol. The standard InChI is InChI=1S/C31H26Br3N3O3/c1-4-18(2)30-36-25-13-12-22(32)15-24(25)31(38)37(30)35-16-21-14-26(39-3)29(28(34)27(21)33)40-17-20-10-7-9-19-8-5-6-11-23(19)20/h5-16,18H,4,17H2,1-3H3/t18-/m0/s1. The quantitative estimate of drug-likeness (QED) is 0.150. The first-order valence-corrected chi connectivity index (χ1v) is 15.1. The minimum atomic E-state index is -0.227. The Morgan fingerprint density at radius 3 is 2.55 bits per heavy atom. The first-order valence-electron chi connectivity index (χ1n) is 12.7. The van der Waals surface area contributed by atoms with Crippen LogP contribution in [0.15, 0.2) is 90.0 Å². The van der Waals surface area contributed by atoms with Crippen LogP contribution in [0.4, 0.5) is 0 Å². The van der Waals surface area contributed by atoms with E-state index in [0.29, 0.717) is 44.9 Å². The Labute approximate surface area is 257 Å². The molecule has 1 heterocycles. The fourth-order valence-corrected chi connectivity index (χ4v) is 5.75. The maximum atomic E-state index is 13.5. The summed E-state index contributed by atoms with van der Waals surface area (Å²) in [6.07, 6.45) is 2.44. The van der Waals surface area contributed by atoms with Crippen molar-refractivity contribution in [2.24, 2.45) is 5.10 Å². The average molecular weight is 728 g/mol. The summed E-state index contributed by atoms with van der Waals surface area (Å²) in [7, 11) is 1.60. The van der Waals surface area contributed by atoms with E-state index in [1.54, 1.807) is 19.4 Å². The Kier molecular flexibility index (Phi) is 8.73. The van der Waals surface area contributed by atoms with Gasteiger partial charge in [-0.3, -0.25) is 4.79 Å². The van der Waals surface area contributed by atoms with Crippen molar-refractivity contribution < 1.29 is 9.47 Å². The summed E-state index contributed by atoms with van der Waals surface area (Å²) in [6.45, 7) is 4.46. The molecular weight excluding hydrogens is 702 g/mol. The van der Waals surface area contributed by atoms with Crippen LogP contribution in [0.5, 0.6) is 11.5 Å². The van der Waals surface area contributed by atoms with E-state index in [-0.39, 0.29) is 11.5 Å². The molecule has 5 aromatic rings. The molecule has 0 N–H and O–H groups in total. The fourth-order valence-electron chi connectivity index (χ4n) is 4.45. The summed E-state index contributed by atoms with van der Waals surface area (Å²) in [6, 6.07) is 21.7. The molecule has 1 aromatic heterocycles. The third-order valence-corrected chi connectivity index (χ3v) is 9.46. The van der Waals surface area contributed by atoms with E-state index in [1.165, 1.54) is 4.68 Å². The average Bonchev–Trinajstić information content (AvgIpc) is 2.97. The minimum Gasteiger partial charge on any atom is -0.493 e. The number of rotatable bonds is 8. The van der Waals surface area contributed by atoms with Crippen LogP contribution in [0.25, 0.3) is 21.7 Å². The summed E-state index contributed by atoms with van der Waals surface area (Å²) in [4.78, 5) is 18.3. The number of fused-ring (bicyclic) bond motifs is 2. The number of benzene rings is 4. The maximum absolute atomic E-state index is 13.5. The number of hydrogen-bond acceptors (Lipinski definition) is 5. The van der Waals surface area contributed by atoms with Gasteiger partial charge >= 0.3 is 0 Å². The Hall–Kier alpha value is -3.01. The van der Waals surface area contributed by atoms with E-state index in [4.69, 9.17) is 14.5 Å². The minimum absolute atomic E-state index is 0.0347. The van der Waals surface area contributed by atoms with Gasteiger partial charge in [-0.25, -0.2) is 4.98 Å². The molecule has 0 saturated heterocycles. The highest BCUT2D eigenvalue weighted by molar-refractivity contribution is 9.13. The highest BCUT2D eigenvalue weighted by atomic mass is 79.9. The lowest BCUT2D eigenvalue weighted by atomic mass is 10.1. The zero-order chi connectivity index (χ0) is 28.4. The lowest BCUT2D eigenvalue weighted by Crippen LogP contribution is -2.23. The zero-order valence-corrected chi connectivity index (χ0v) is 26.9. The molecule has 5 rings (SSSR count). The van der Waals surface area contributed by atoms with E-state index in [1.807, 2.05) is 43.3 Å². The van der Waals surface area contributed by atoms with Crippen LogP contribution in [0.2, 0.25) is 0 Å². The normalized spacial score (nSPS) is 12.3. The van der Waals surface area contributed by atoms with E-state index < -0.39 is 0 Å². The van der Waals surface area contributed by atoms with Gasteiger partial charge in [-0.2, -0.15) is 9.78 Å². The van der Waals surface area contributed by atoms with Crippen molar-refractivity contribution in [3.63, 3.8) is 0 Å². The molecule has 4 aromatic carbocycles. The third kappa shape index (κ3) is 5.60. The Bertz CT molecular complexity index is 1810. The van der Waals surface area contributed by atoms with E-state index in [9.17, 15) is 4.79 Å². The summed E-state index contributed by atoms with van der Waals surface area (Å²) in [5, 5.41) is 7.41.